The van der Waals surface area contributed by atoms with Crippen molar-refractivity contribution in [3.63, 3.8) is 0 Å². The molecule has 3 aromatic rings. The zero-order valence-corrected chi connectivity index (χ0v) is 15.1. The summed E-state index contributed by atoms with van der Waals surface area (Å²) in [4.78, 5) is 4.44. The topological polar surface area (TPSA) is 81.4 Å². The fourth-order valence-corrected chi connectivity index (χ4v) is 4.12. The number of rotatable bonds is 6. The SMILES string of the molecule is Cc1cc(S(=O)(=O)N[C@@H](C)COc2cccc3ncccc23)c(C)o1. The second-order valence-electron chi connectivity index (χ2n) is 5.94. The number of hydrogen-bond donors (Lipinski definition) is 1. The molecule has 0 amide bonds. The van der Waals surface area contributed by atoms with E-state index in [1.54, 1.807) is 27.0 Å². The lowest BCUT2D eigenvalue weighted by atomic mass is 10.2. The van der Waals surface area contributed by atoms with Crippen LogP contribution in [0.15, 0.2) is 51.9 Å². The van der Waals surface area contributed by atoms with Gasteiger partial charge in [-0.3, -0.25) is 4.98 Å². The van der Waals surface area contributed by atoms with E-state index in [4.69, 9.17) is 9.15 Å². The number of pyridine rings is 1. The monoisotopic (exact) mass is 360 g/mol. The minimum atomic E-state index is -3.65. The van der Waals surface area contributed by atoms with Gasteiger partial charge in [-0.15, -0.1) is 0 Å². The molecule has 0 bridgehead atoms. The van der Waals surface area contributed by atoms with Crippen LogP contribution < -0.4 is 9.46 Å². The van der Waals surface area contributed by atoms with E-state index in [1.165, 1.54) is 6.07 Å². The van der Waals surface area contributed by atoms with Crippen LogP contribution in [0.2, 0.25) is 0 Å². The third-order valence-electron chi connectivity index (χ3n) is 3.74. The van der Waals surface area contributed by atoms with Crippen molar-refractivity contribution in [2.24, 2.45) is 0 Å². The molecule has 1 N–H and O–H groups in total. The molecule has 25 heavy (non-hydrogen) atoms. The van der Waals surface area contributed by atoms with Gasteiger partial charge in [0.05, 0.1) is 11.6 Å². The Kier molecular flexibility index (Phi) is 4.78. The maximum absolute atomic E-state index is 12.5. The highest BCUT2D eigenvalue weighted by Gasteiger charge is 2.23. The molecule has 0 saturated carbocycles. The van der Waals surface area contributed by atoms with Crippen LogP contribution in [-0.2, 0) is 10.0 Å². The van der Waals surface area contributed by atoms with Crippen LogP contribution in [-0.4, -0.2) is 26.1 Å². The summed E-state index contributed by atoms with van der Waals surface area (Å²) in [7, 11) is -3.65. The minimum absolute atomic E-state index is 0.159. The molecule has 3 rings (SSSR count). The first-order valence-electron chi connectivity index (χ1n) is 7.93. The molecule has 0 fully saturated rings. The van der Waals surface area contributed by atoms with Gasteiger partial charge in [-0.2, -0.15) is 0 Å². The maximum atomic E-state index is 12.5. The minimum Gasteiger partial charge on any atom is -0.491 e. The van der Waals surface area contributed by atoms with Crippen LogP contribution in [0.1, 0.15) is 18.4 Å². The van der Waals surface area contributed by atoms with Crippen molar-refractivity contribution in [2.45, 2.75) is 31.7 Å². The molecule has 0 aliphatic rings. The number of sulfonamides is 1. The van der Waals surface area contributed by atoms with Gasteiger partial charge in [0.2, 0.25) is 10.0 Å². The van der Waals surface area contributed by atoms with Gasteiger partial charge >= 0.3 is 0 Å². The van der Waals surface area contributed by atoms with Crippen molar-refractivity contribution in [3.8, 4) is 5.75 Å². The normalized spacial score (nSPS) is 13.1. The third kappa shape index (κ3) is 3.83. The van der Waals surface area contributed by atoms with E-state index in [9.17, 15) is 8.42 Å². The van der Waals surface area contributed by atoms with Crippen molar-refractivity contribution in [2.75, 3.05) is 6.61 Å². The van der Waals surface area contributed by atoms with E-state index in [-0.39, 0.29) is 11.5 Å². The lowest BCUT2D eigenvalue weighted by Crippen LogP contribution is -2.36. The first-order chi connectivity index (χ1) is 11.9. The lowest BCUT2D eigenvalue weighted by molar-refractivity contribution is 0.290. The smallest absolute Gasteiger partial charge is 0.244 e. The van der Waals surface area contributed by atoms with Gasteiger partial charge in [-0.05, 0) is 51.1 Å². The standard InChI is InChI=1S/C18H20N2O4S/c1-12(20-25(21,22)18-10-13(2)24-14(18)3)11-23-17-8-4-7-16-15(17)6-5-9-19-16/h4-10,12,20H,11H2,1-3H3/t12-/m0/s1. The first-order valence-corrected chi connectivity index (χ1v) is 9.41. The van der Waals surface area contributed by atoms with Crippen LogP contribution in [0, 0.1) is 13.8 Å². The van der Waals surface area contributed by atoms with Crippen LogP contribution in [0.4, 0.5) is 0 Å². The molecule has 0 unspecified atom stereocenters. The molecular formula is C18H20N2O4S. The molecule has 6 nitrogen and oxygen atoms in total. The Morgan fingerprint density at radius 2 is 2.04 bits per heavy atom. The van der Waals surface area contributed by atoms with Gasteiger partial charge in [-0.1, -0.05) is 6.07 Å². The summed E-state index contributed by atoms with van der Waals surface area (Å²) in [6.07, 6.45) is 1.72. The van der Waals surface area contributed by atoms with Gasteiger partial charge in [0.25, 0.3) is 0 Å². The Bertz CT molecular complexity index is 990. The molecule has 0 aliphatic carbocycles. The summed E-state index contributed by atoms with van der Waals surface area (Å²) in [5, 5.41) is 0.890. The molecule has 0 spiro atoms. The molecule has 1 aromatic carbocycles. The Balaban J connectivity index is 1.70. The van der Waals surface area contributed by atoms with Crippen molar-refractivity contribution < 1.29 is 17.6 Å². The number of furan rings is 1. The fraction of sp³-hybridized carbons (Fsp3) is 0.278. The molecule has 132 valence electrons. The number of ether oxygens (including phenoxy) is 1. The fourth-order valence-electron chi connectivity index (χ4n) is 2.65. The average Bonchev–Trinajstić information content (AvgIpc) is 2.92. The quantitative estimate of drug-likeness (QED) is 0.730. The Morgan fingerprint density at radius 1 is 1.24 bits per heavy atom. The van der Waals surface area contributed by atoms with Crippen molar-refractivity contribution >= 4 is 20.9 Å². The van der Waals surface area contributed by atoms with E-state index in [2.05, 4.69) is 9.71 Å². The second kappa shape index (κ2) is 6.85. The lowest BCUT2D eigenvalue weighted by Gasteiger charge is -2.16. The number of aryl methyl sites for hydroxylation is 2. The molecule has 2 heterocycles. The van der Waals surface area contributed by atoms with Crippen molar-refractivity contribution in [1.29, 1.82) is 0 Å². The van der Waals surface area contributed by atoms with E-state index in [1.807, 2.05) is 30.3 Å². The molecule has 0 radical (unpaired) electrons. The van der Waals surface area contributed by atoms with Gasteiger partial charge in [0.1, 0.15) is 28.8 Å². The Labute approximate surface area is 146 Å². The van der Waals surface area contributed by atoms with Crippen LogP contribution in [0.3, 0.4) is 0 Å². The van der Waals surface area contributed by atoms with Crippen molar-refractivity contribution in [3.05, 3.63) is 54.1 Å². The zero-order valence-electron chi connectivity index (χ0n) is 14.3. The first kappa shape index (κ1) is 17.4. The van der Waals surface area contributed by atoms with Crippen LogP contribution in [0.25, 0.3) is 10.9 Å². The average molecular weight is 360 g/mol. The summed E-state index contributed by atoms with van der Waals surface area (Å²) < 4.78 is 38.7. The summed E-state index contributed by atoms with van der Waals surface area (Å²) in [6.45, 7) is 5.30. The second-order valence-corrected chi connectivity index (χ2v) is 7.62. The number of aromatic nitrogens is 1. The summed E-state index contributed by atoms with van der Waals surface area (Å²) in [5.74, 6) is 1.61. The third-order valence-corrected chi connectivity index (χ3v) is 5.43. The molecule has 0 saturated heterocycles. The Hall–Kier alpha value is -2.38. The molecule has 2 aromatic heterocycles. The van der Waals surface area contributed by atoms with E-state index in [0.29, 0.717) is 17.3 Å². The molecule has 7 heteroatoms. The number of nitrogens with zero attached hydrogens (tertiary/aromatic N) is 1. The molecule has 1 atom stereocenters. The van der Waals surface area contributed by atoms with Gasteiger partial charge in [-0.25, -0.2) is 13.1 Å². The number of fused-ring (bicyclic) bond motifs is 1. The maximum Gasteiger partial charge on any atom is 0.244 e. The van der Waals surface area contributed by atoms with E-state index >= 15 is 0 Å². The van der Waals surface area contributed by atoms with Crippen LogP contribution in [0.5, 0.6) is 5.75 Å². The largest absolute Gasteiger partial charge is 0.491 e. The highest BCUT2D eigenvalue weighted by atomic mass is 32.2. The predicted octanol–water partition coefficient (Wildman–Crippen LogP) is 3.19. The Morgan fingerprint density at radius 3 is 2.76 bits per heavy atom. The summed E-state index contributed by atoms with van der Waals surface area (Å²) >= 11 is 0. The van der Waals surface area contributed by atoms with Crippen molar-refractivity contribution in [1.82, 2.24) is 9.71 Å². The highest BCUT2D eigenvalue weighted by Crippen LogP contribution is 2.24. The number of hydrogen-bond acceptors (Lipinski definition) is 5. The van der Waals surface area contributed by atoms with Gasteiger partial charge in [0.15, 0.2) is 0 Å². The number of nitrogens with one attached hydrogen (secondary N) is 1. The zero-order chi connectivity index (χ0) is 18.0. The summed E-state index contributed by atoms with van der Waals surface area (Å²) in [5.41, 5.74) is 0.831. The summed E-state index contributed by atoms with van der Waals surface area (Å²) in [6, 6.07) is 10.5. The predicted molar refractivity (Wildman–Crippen MR) is 95.2 cm³/mol. The van der Waals surface area contributed by atoms with E-state index in [0.717, 1.165) is 10.9 Å². The number of benzene rings is 1. The van der Waals surface area contributed by atoms with E-state index < -0.39 is 16.1 Å². The van der Waals surface area contributed by atoms with Gasteiger partial charge < -0.3 is 9.15 Å². The molecule has 0 aliphatic heterocycles. The van der Waals surface area contributed by atoms with Gasteiger partial charge in [0, 0.05) is 11.6 Å². The highest BCUT2D eigenvalue weighted by molar-refractivity contribution is 7.89. The molecular weight excluding hydrogens is 340 g/mol. The van der Waals surface area contributed by atoms with Crippen LogP contribution >= 0.6 is 0 Å².